The summed E-state index contributed by atoms with van der Waals surface area (Å²) < 4.78 is 0. The lowest BCUT2D eigenvalue weighted by Crippen LogP contribution is -2.11. The van der Waals surface area contributed by atoms with E-state index in [2.05, 4.69) is 15.3 Å². The van der Waals surface area contributed by atoms with Crippen LogP contribution in [-0.4, -0.2) is 15.9 Å². The summed E-state index contributed by atoms with van der Waals surface area (Å²) >= 11 is 0. The van der Waals surface area contributed by atoms with Crippen LogP contribution in [0.3, 0.4) is 0 Å². The van der Waals surface area contributed by atoms with Gasteiger partial charge in [0.05, 0.1) is 10.9 Å². The highest BCUT2D eigenvalue weighted by molar-refractivity contribution is 5.91. The van der Waals surface area contributed by atoms with Crippen LogP contribution in [0, 0.1) is 6.92 Å². The second-order valence-corrected chi connectivity index (χ2v) is 3.56. The van der Waals surface area contributed by atoms with Crippen molar-refractivity contribution in [3.63, 3.8) is 0 Å². The van der Waals surface area contributed by atoms with Crippen LogP contribution in [0.25, 0.3) is 10.9 Å². The largest absolute Gasteiger partial charge is 0.326 e. The van der Waals surface area contributed by atoms with E-state index in [1.54, 1.807) is 25.1 Å². The van der Waals surface area contributed by atoms with Gasteiger partial charge in [0.25, 0.3) is 5.56 Å². The maximum Gasteiger partial charge on any atom is 0.258 e. The number of rotatable bonds is 1. The molecule has 0 aliphatic rings. The predicted octanol–water partition coefficient (Wildman–Crippen LogP) is 1.19. The van der Waals surface area contributed by atoms with Crippen molar-refractivity contribution >= 4 is 22.5 Å². The van der Waals surface area contributed by atoms with Gasteiger partial charge in [-0.25, -0.2) is 4.98 Å². The molecule has 5 nitrogen and oxygen atoms in total. The van der Waals surface area contributed by atoms with Gasteiger partial charge < -0.3 is 10.3 Å². The number of anilines is 1. The van der Waals surface area contributed by atoms with Crippen molar-refractivity contribution in [2.75, 3.05) is 5.32 Å². The van der Waals surface area contributed by atoms with Crippen LogP contribution in [-0.2, 0) is 4.79 Å². The third-order valence-electron chi connectivity index (χ3n) is 2.14. The van der Waals surface area contributed by atoms with E-state index in [1.165, 1.54) is 6.92 Å². The van der Waals surface area contributed by atoms with Crippen molar-refractivity contribution in [1.29, 1.82) is 0 Å². The van der Waals surface area contributed by atoms with Gasteiger partial charge in [0, 0.05) is 12.6 Å². The quantitative estimate of drug-likeness (QED) is 0.753. The lowest BCUT2D eigenvalue weighted by Gasteiger charge is -2.03. The Morgan fingerprint density at radius 1 is 1.44 bits per heavy atom. The molecule has 82 valence electrons. The van der Waals surface area contributed by atoms with Gasteiger partial charge in [0.15, 0.2) is 0 Å². The number of nitrogens with one attached hydrogen (secondary N) is 2. The average molecular weight is 217 g/mol. The Balaban J connectivity index is 2.62. The highest BCUT2D eigenvalue weighted by atomic mass is 16.1. The minimum atomic E-state index is -0.199. The van der Waals surface area contributed by atoms with Crippen LogP contribution >= 0.6 is 0 Å². The number of nitrogens with zero attached hydrogens (tertiary/aromatic N) is 1. The number of H-pyrrole nitrogens is 1. The smallest absolute Gasteiger partial charge is 0.258 e. The molecule has 0 radical (unpaired) electrons. The van der Waals surface area contributed by atoms with Gasteiger partial charge in [0.2, 0.25) is 5.91 Å². The second-order valence-electron chi connectivity index (χ2n) is 3.56. The summed E-state index contributed by atoms with van der Waals surface area (Å²) in [7, 11) is 0. The molecule has 0 fully saturated rings. The number of carbonyl (C=O) groups excluding carboxylic acids is 1. The molecule has 2 rings (SSSR count). The summed E-state index contributed by atoms with van der Waals surface area (Å²) in [6.45, 7) is 3.14. The van der Waals surface area contributed by atoms with Gasteiger partial charge in [-0.3, -0.25) is 9.59 Å². The molecule has 1 aromatic carbocycles. The minimum absolute atomic E-state index is 0.171. The summed E-state index contributed by atoms with van der Waals surface area (Å²) in [6, 6.07) is 5.04. The van der Waals surface area contributed by atoms with Crippen molar-refractivity contribution < 1.29 is 4.79 Å². The zero-order valence-corrected chi connectivity index (χ0v) is 9.00. The maximum atomic E-state index is 11.6. The van der Waals surface area contributed by atoms with Gasteiger partial charge in [-0.1, -0.05) is 0 Å². The topological polar surface area (TPSA) is 74.8 Å². The van der Waals surface area contributed by atoms with Crippen LogP contribution < -0.4 is 10.9 Å². The molecule has 1 aromatic heterocycles. The minimum Gasteiger partial charge on any atom is -0.326 e. The molecule has 0 aliphatic heterocycles. The Hall–Kier alpha value is -2.17. The van der Waals surface area contributed by atoms with Gasteiger partial charge >= 0.3 is 0 Å². The fourth-order valence-electron chi connectivity index (χ4n) is 1.54. The van der Waals surface area contributed by atoms with E-state index >= 15 is 0 Å². The number of fused-ring (bicyclic) bond motifs is 1. The number of aryl methyl sites for hydroxylation is 1. The van der Waals surface area contributed by atoms with E-state index in [9.17, 15) is 9.59 Å². The first-order valence-electron chi connectivity index (χ1n) is 4.84. The van der Waals surface area contributed by atoms with Gasteiger partial charge in [-0.05, 0) is 25.1 Å². The lowest BCUT2D eigenvalue weighted by atomic mass is 10.2. The zero-order chi connectivity index (χ0) is 11.7. The molecular weight excluding hydrogens is 206 g/mol. The van der Waals surface area contributed by atoms with Crippen LogP contribution in [0.15, 0.2) is 23.0 Å². The Bertz CT molecular complexity index is 616. The predicted molar refractivity (Wildman–Crippen MR) is 61.4 cm³/mol. The first kappa shape index (κ1) is 10.4. The van der Waals surface area contributed by atoms with E-state index in [1.807, 2.05) is 0 Å². The highest BCUT2D eigenvalue weighted by Crippen LogP contribution is 2.14. The summed E-state index contributed by atoms with van der Waals surface area (Å²) in [5.74, 6) is 0.403. The number of aromatic nitrogens is 2. The van der Waals surface area contributed by atoms with Gasteiger partial charge in [-0.15, -0.1) is 0 Å². The number of amides is 1. The second kappa shape index (κ2) is 3.77. The van der Waals surface area contributed by atoms with E-state index in [0.29, 0.717) is 22.4 Å². The Kier molecular flexibility index (Phi) is 2.44. The molecule has 0 saturated heterocycles. The molecule has 0 atom stereocenters. The summed E-state index contributed by atoms with van der Waals surface area (Å²) in [6.07, 6.45) is 0. The van der Waals surface area contributed by atoms with Crippen molar-refractivity contribution in [3.05, 3.63) is 34.4 Å². The van der Waals surface area contributed by atoms with Crippen LogP contribution in [0.1, 0.15) is 12.7 Å². The Labute approximate surface area is 91.5 Å². The van der Waals surface area contributed by atoms with Crippen LogP contribution in [0.2, 0.25) is 0 Å². The average Bonchev–Trinajstić information content (AvgIpc) is 2.18. The monoisotopic (exact) mass is 217 g/mol. The number of hydrogen-bond donors (Lipinski definition) is 2. The Morgan fingerprint density at radius 3 is 2.88 bits per heavy atom. The molecule has 0 saturated carbocycles. The summed E-state index contributed by atoms with van der Waals surface area (Å²) in [5, 5.41) is 3.09. The van der Waals surface area contributed by atoms with E-state index in [-0.39, 0.29) is 11.5 Å². The van der Waals surface area contributed by atoms with Gasteiger partial charge in [0.1, 0.15) is 5.82 Å². The van der Waals surface area contributed by atoms with Crippen molar-refractivity contribution in [3.8, 4) is 0 Å². The standard InChI is InChI=1S/C11H11N3O2/c1-6-12-10-4-3-8(14-7(2)15)5-9(10)11(16)13-6/h3-5H,1-2H3,(H,14,15)(H,12,13,16). The molecule has 16 heavy (non-hydrogen) atoms. The number of carbonyl (C=O) groups is 1. The molecule has 0 spiro atoms. The van der Waals surface area contributed by atoms with E-state index in [4.69, 9.17) is 0 Å². The van der Waals surface area contributed by atoms with Crippen molar-refractivity contribution in [1.82, 2.24) is 9.97 Å². The molecule has 1 heterocycles. The zero-order valence-electron chi connectivity index (χ0n) is 9.00. The number of benzene rings is 1. The molecular formula is C11H11N3O2. The number of hydrogen-bond acceptors (Lipinski definition) is 3. The third-order valence-corrected chi connectivity index (χ3v) is 2.14. The van der Waals surface area contributed by atoms with Crippen molar-refractivity contribution in [2.45, 2.75) is 13.8 Å². The molecule has 1 amide bonds. The normalized spacial score (nSPS) is 10.4. The fraction of sp³-hybridized carbons (Fsp3) is 0.182. The molecule has 0 aliphatic carbocycles. The maximum absolute atomic E-state index is 11.6. The first-order chi connectivity index (χ1) is 7.56. The van der Waals surface area contributed by atoms with E-state index in [0.717, 1.165) is 0 Å². The van der Waals surface area contributed by atoms with Crippen LogP contribution in [0.5, 0.6) is 0 Å². The van der Waals surface area contributed by atoms with Crippen molar-refractivity contribution in [2.24, 2.45) is 0 Å². The van der Waals surface area contributed by atoms with E-state index < -0.39 is 0 Å². The fourth-order valence-corrected chi connectivity index (χ4v) is 1.54. The summed E-state index contributed by atoms with van der Waals surface area (Å²) in [4.78, 5) is 29.3. The number of aromatic amines is 1. The van der Waals surface area contributed by atoms with Crippen LogP contribution in [0.4, 0.5) is 5.69 Å². The molecule has 2 N–H and O–H groups in total. The molecule has 0 bridgehead atoms. The Morgan fingerprint density at radius 2 is 2.19 bits per heavy atom. The lowest BCUT2D eigenvalue weighted by molar-refractivity contribution is -0.114. The first-order valence-corrected chi connectivity index (χ1v) is 4.84. The van der Waals surface area contributed by atoms with Gasteiger partial charge in [-0.2, -0.15) is 0 Å². The summed E-state index contributed by atoms with van der Waals surface area (Å²) in [5.41, 5.74) is 1.02. The highest BCUT2D eigenvalue weighted by Gasteiger charge is 2.03. The molecule has 5 heteroatoms. The third kappa shape index (κ3) is 1.93. The SMILES string of the molecule is CC(=O)Nc1ccc2nc(C)[nH]c(=O)c2c1. The molecule has 0 unspecified atom stereocenters. The molecule has 2 aromatic rings.